The second kappa shape index (κ2) is 10.2. The number of alkyl halides is 1. The van der Waals surface area contributed by atoms with E-state index in [1.807, 2.05) is 15.4 Å². The average molecular weight is 645 g/mol. The molecule has 46 heavy (non-hydrogen) atoms. The molecular weight excluding hydrogens is 614 g/mol. The van der Waals surface area contributed by atoms with Crippen molar-refractivity contribution in [2.24, 2.45) is 0 Å². The number of rotatable bonds is 7. The van der Waals surface area contributed by atoms with Crippen LogP contribution in [0.5, 0.6) is 0 Å². The maximum absolute atomic E-state index is 15.1. The molecule has 0 radical (unpaired) electrons. The number of likely N-dealkylation sites (tertiary alicyclic amines) is 1. The average Bonchev–Trinajstić information content (AvgIpc) is 3.68. The van der Waals surface area contributed by atoms with Crippen molar-refractivity contribution in [3.8, 4) is 11.3 Å². The number of fused-ring (bicyclic) bond motifs is 6. The molecule has 0 bridgehead atoms. The minimum atomic E-state index is -3.71. The molecule has 2 fully saturated rings. The van der Waals surface area contributed by atoms with Crippen molar-refractivity contribution < 1.29 is 26.4 Å². The molecule has 0 atom stereocenters. The molecule has 10 nitrogen and oxygen atoms in total. The smallest absolute Gasteiger partial charge is 0.255 e. The molecular formula is C33H30F2N6O4S. The van der Waals surface area contributed by atoms with Gasteiger partial charge in [-0.15, -0.1) is 0 Å². The SMILES string of the molecule is CNC(=O)c1c(C2CC2)oc2cc(N(C)S(C)(=O)=O)c(-c3ccc4nc(CN5CC(F)C5)n5c6cccc(F)c6cc5c4n3)cc12. The zero-order chi connectivity index (χ0) is 32.1. The maximum atomic E-state index is 15.1. The number of anilines is 1. The second-order valence-electron chi connectivity index (χ2n) is 12.2. The highest BCUT2D eigenvalue weighted by Crippen LogP contribution is 2.47. The van der Waals surface area contributed by atoms with Gasteiger partial charge in [-0.25, -0.2) is 27.2 Å². The van der Waals surface area contributed by atoms with E-state index in [0.29, 0.717) is 92.1 Å². The molecule has 236 valence electrons. The number of hydrogen-bond acceptors (Lipinski definition) is 7. The van der Waals surface area contributed by atoms with Crippen LogP contribution in [0.4, 0.5) is 14.5 Å². The van der Waals surface area contributed by atoms with Gasteiger partial charge in [-0.2, -0.15) is 0 Å². The molecule has 13 heteroatoms. The van der Waals surface area contributed by atoms with Crippen LogP contribution in [-0.4, -0.2) is 73.2 Å². The Kier molecular flexibility index (Phi) is 6.39. The molecule has 2 aliphatic rings. The molecule has 1 amide bonds. The van der Waals surface area contributed by atoms with E-state index >= 15 is 4.39 Å². The van der Waals surface area contributed by atoms with Gasteiger partial charge in [0.25, 0.3) is 5.91 Å². The van der Waals surface area contributed by atoms with Gasteiger partial charge in [0, 0.05) is 55.5 Å². The van der Waals surface area contributed by atoms with Gasteiger partial charge in [0.1, 0.15) is 34.7 Å². The number of pyridine rings is 1. The third-order valence-electron chi connectivity index (χ3n) is 9.04. The number of benzene rings is 2. The quantitative estimate of drug-likeness (QED) is 0.249. The minimum absolute atomic E-state index is 0.127. The van der Waals surface area contributed by atoms with Crippen LogP contribution in [0.15, 0.2) is 52.9 Å². The zero-order valence-corrected chi connectivity index (χ0v) is 26.2. The van der Waals surface area contributed by atoms with Gasteiger partial charge in [0.15, 0.2) is 0 Å². The number of furan rings is 1. The van der Waals surface area contributed by atoms with Gasteiger partial charge in [0.05, 0.1) is 46.3 Å². The van der Waals surface area contributed by atoms with E-state index in [4.69, 9.17) is 14.4 Å². The molecule has 6 aromatic rings. The zero-order valence-electron chi connectivity index (χ0n) is 25.3. The van der Waals surface area contributed by atoms with E-state index in [0.717, 1.165) is 23.4 Å². The van der Waals surface area contributed by atoms with Crippen LogP contribution < -0.4 is 9.62 Å². The van der Waals surface area contributed by atoms with Crippen LogP contribution in [0.1, 0.15) is 40.7 Å². The van der Waals surface area contributed by atoms with E-state index in [9.17, 15) is 17.6 Å². The molecule has 8 rings (SSSR count). The van der Waals surface area contributed by atoms with Crippen molar-refractivity contribution in [1.29, 1.82) is 0 Å². The summed E-state index contributed by atoms with van der Waals surface area (Å²) in [5.41, 5.74) is 4.32. The summed E-state index contributed by atoms with van der Waals surface area (Å²) in [5, 5.41) is 3.66. The van der Waals surface area contributed by atoms with Crippen LogP contribution in [0.3, 0.4) is 0 Å². The Balaban J connectivity index is 1.39. The minimum Gasteiger partial charge on any atom is -0.460 e. The third kappa shape index (κ3) is 4.51. The molecule has 0 spiro atoms. The highest BCUT2D eigenvalue weighted by atomic mass is 32.2. The highest BCUT2D eigenvalue weighted by molar-refractivity contribution is 7.92. The monoisotopic (exact) mass is 644 g/mol. The van der Waals surface area contributed by atoms with Gasteiger partial charge < -0.3 is 9.73 Å². The molecule has 2 aromatic carbocycles. The number of nitrogens with zero attached hydrogens (tertiary/aromatic N) is 5. The summed E-state index contributed by atoms with van der Waals surface area (Å²) in [6.07, 6.45) is 2.04. The summed E-state index contributed by atoms with van der Waals surface area (Å²) >= 11 is 0. The molecule has 1 saturated carbocycles. The Hall–Kier alpha value is -4.62. The summed E-state index contributed by atoms with van der Waals surface area (Å²) in [6.45, 7) is 0.986. The van der Waals surface area contributed by atoms with Gasteiger partial charge in [0.2, 0.25) is 10.0 Å². The van der Waals surface area contributed by atoms with Crippen LogP contribution >= 0.6 is 0 Å². The number of nitrogens with one attached hydrogen (secondary N) is 1. The fraction of sp³-hybridized carbons (Fsp3) is 0.303. The predicted molar refractivity (Wildman–Crippen MR) is 172 cm³/mol. The fourth-order valence-corrected chi connectivity index (χ4v) is 6.95. The van der Waals surface area contributed by atoms with Gasteiger partial charge >= 0.3 is 0 Å². The van der Waals surface area contributed by atoms with Crippen LogP contribution in [-0.2, 0) is 16.6 Å². The number of hydrogen-bond donors (Lipinski definition) is 1. The molecule has 1 N–H and O–H groups in total. The lowest BCUT2D eigenvalue weighted by Crippen LogP contribution is -2.47. The number of carbonyl (C=O) groups excluding carboxylic acids is 1. The molecule has 1 aliphatic carbocycles. The first-order valence-electron chi connectivity index (χ1n) is 15.0. The molecule has 1 aliphatic heterocycles. The third-order valence-corrected chi connectivity index (χ3v) is 10.2. The van der Waals surface area contributed by atoms with Crippen molar-refractivity contribution in [2.75, 3.05) is 37.7 Å². The maximum Gasteiger partial charge on any atom is 0.255 e. The topological polar surface area (TPSA) is 113 Å². The standard InChI is InChI=1S/C33H30F2N6O4S/c1-36-33(42)30-21-11-20(26(39(2)46(3,43)44)13-28(21)45-32(30)17-7-8-17)23-9-10-24-31(38-23)27-12-19-22(35)5-4-6-25(19)41(27)29(37-24)16-40-14-18(34)15-40/h4-6,9-13,17-18H,7-8,14-16H2,1-3H3,(H,36,42). The van der Waals surface area contributed by atoms with Crippen LogP contribution in [0, 0.1) is 5.82 Å². The lowest BCUT2D eigenvalue weighted by atomic mass is 10.0. The first-order chi connectivity index (χ1) is 22.0. The largest absolute Gasteiger partial charge is 0.460 e. The number of aromatic nitrogens is 3. The Morgan fingerprint density at radius 1 is 1.09 bits per heavy atom. The summed E-state index contributed by atoms with van der Waals surface area (Å²) in [7, 11) is -0.690. The van der Waals surface area contributed by atoms with Crippen molar-refractivity contribution >= 4 is 60.0 Å². The number of halogens is 2. The summed E-state index contributed by atoms with van der Waals surface area (Å²) in [5.74, 6) is 0.670. The lowest BCUT2D eigenvalue weighted by Gasteiger charge is -2.34. The second-order valence-corrected chi connectivity index (χ2v) is 14.2. The Morgan fingerprint density at radius 3 is 2.57 bits per heavy atom. The van der Waals surface area contributed by atoms with Crippen molar-refractivity contribution in [3.63, 3.8) is 0 Å². The predicted octanol–water partition coefficient (Wildman–Crippen LogP) is 5.37. The van der Waals surface area contributed by atoms with E-state index < -0.39 is 16.2 Å². The summed E-state index contributed by atoms with van der Waals surface area (Å²) in [4.78, 5) is 25.0. The molecule has 5 heterocycles. The van der Waals surface area contributed by atoms with Crippen molar-refractivity contribution in [2.45, 2.75) is 31.5 Å². The fourth-order valence-electron chi connectivity index (χ4n) is 6.45. The Bertz CT molecular complexity index is 2360. The van der Waals surface area contributed by atoms with E-state index in [1.165, 1.54) is 13.1 Å². The normalized spacial score (nSPS) is 16.1. The highest BCUT2D eigenvalue weighted by Gasteiger charge is 2.34. The van der Waals surface area contributed by atoms with Gasteiger partial charge in [-0.05, 0) is 49.2 Å². The lowest BCUT2D eigenvalue weighted by molar-refractivity contribution is 0.0567. The van der Waals surface area contributed by atoms with E-state index in [1.54, 1.807) is 43.4 Å². The van der Waals surface area contributed by atoms with Gasteiger partial charge in [-0.1, -0.05) is 6.07 Å². The summed E-state index contributed by atoms with van der Waals surface area (Å²) < 4.78 is 63.6. The van der Waals surface area contributed by atoms with Gasteiger partial charge in [-0.3, -0.25) is 18.4 Å². The van der Waals surface area contributed by atoms with Crippen LogP contribution in [0.2, 0.25) is 0 Å². The van der Waals surface area contributed by atoms with Crippen molar-refractivity contribution in [3.05, 3.63) is 71.5 Å². The Morgan fingerprint density at radius 2 is 1.87 bits per heavy atom. The number of carbonyl (C=O) groups is 1. The van der Waals surface area contributed by atoms with E-state index in [-0.39, 0.29) is 17.6 Å². The van der Waals surface area contributed by atoms with Crippen LogP contribution in [0.25, 0.3) is 49.7 Å². The number of sulfonamides is 1. The Labute approximate surface area is 262 Å². The molecule has 1 saturated heterocycles. The first-order valence-corrected chi connectivity index (χ1v) is 16.9. The molecule has 4 aromatic heterocycles. The van der Waals surface area contributed by atoms with E-state index in [2.05, 4.69) is 5.32 Å². The molecule has 0 unspecified atom stereocenters. The van der Waals surface area contributed by atoms with Crippen molar-refractivity contribution in [1.82, 2.24) is 24.6 Å². The first kappa shape index (κ1) is 28.8. The number of amides is 1. The summed E-state index contributed by atoms with van der Waals surface area (Å²) in [6, 6.07) is 13.5.